The molecule has 0 N–H and O–H groups in total. The second kappa shape index (κ2) is 9.37. The summed E-state index contributed by atoms with van der Waals surface area (Å²) in [4.78, 5) is 2.33. The van der Waals surface area contributed by atoms with E-state index in [2.05, 4.69) is 138 Å². The number of ether oxygens (including phenoxy) is 1. The lowest BCUT2D eigenvalue weighted by atomic mass is 9.92. The minimum Gasteiger partial charge on any atom is -0.456 e. The highest BCUT2D eigenvalue weighted by Crippen LogP contribution is 2.51. The number of nitrogens with zero attached hydrogens (tertiary/aromatic N) is 1. The summed E-state index contributed by atoms with van der Waals surface area (Å²) in [6.07, 6.45) is 0. The fourth-order valence-electron chi connectivity index (χ4n) is 6.48. The number of furan rings is 1. The molecule has 0 spiro atoms. The van der Waals surface area contributed by atoms with Crippen molar-refractivity contribution in [2.75, 3.05) is 4.90 Å². The predicted molar refractivity (Wildman–Crippen MR) is 177 cm³/mol. The van der Waals surface area contributed by atoms with Gasteiger partial charge in [0.05, 0.1) is 5.69 Å². The molecule has 9 rings (SSSR count). The zero-order chi connectivity index (χ0) is 28.3. The summed E-state index contributed by atoms with van der Waals surface area (Å²) >= 11 is 0. The fraction of sp³-hybridized carbons (Fsp3) is 0. The Morgan fingerprint density at radius 3 is 2.07 bits per heavy atom. The van der Waals surface area contributed by atoms with Crippen molar-refractivity contribution < 1.29 is 9.15 Å². The Labute approximate surface area is 248 Å². The van der Waals surface area contributed by atoms with Gasteiger partial charge >= 0.3 is 0 Å². The van der Waals surface area contributed by atoms with Crippen LogP contribution in [0.15, 0.2) is 156 Å². The molecule has 0 unspecified atom stereocenters. The molecule has 3 heteroatoms. The van der Waals surface area contributed by atoms with Gasteiger partial charge in [0.15, 0.2) is 0 Å². The lowest BCUT2D eigenvalue weighted by molar-refractivity contribution is 0.487. The van der Waals surface area contributed by atoms with Crippen LogP contribution in [-0.4, -0.2) is 0 Å². The average Bonchev–Trinajstić information content (AvgIpc) is 3.45. The van der Waals surface area contributed by atoms with Crippen LogP contribution in [0.5, 0.6) is 11.5 Å². The normalized spacial score (nSPS) is 11.9. The first kappa shape index (κ1) is 23.9. The molecular weight excluding hydrogens is 526 g/mol. The number of hydrogen-bond donors (Lipinski definition) is 0. The second-order valence-electron chi connectivity index (χ2n) is 10.9. The molecule has 0 radical (unpaired) electrons. The van der Waals surface area contributed by atoms with Gasteiger partial charge in [0.1, 0.15) is 22.7 Å². The molecule has 7 aromatic carbocycles. The molecule has 2 heterocycles. The summed E-state index contributed by atoms with van der Waals surface area (Å²) in [6, 6.07) is 53.0. The van der Waals surface area contributed by atoms with E-state index in [1.54, 1.807) is 0 Å². The third-order valence-corrected chi connectivity index (χ3v) is 8.45. The molecule has 0 saturated carbocycles. The van der Waals surface area contributed by atoms with Gasteiger partial charge in [-0.25, -0.2) is 0 Å². The summed E-state index contributed by atoms with van der Waals surface area (Å²) in [5.41, 5.74) is 9.62. The molecule has 1 aliphatic heterocycles. The third-order valence-electron chi connectivity index (χ3n) is 8.45. The van der Waals surface area contributed by atoms with Gasteiger partial charge in [0.2, 0.25) is 0 Å². The number of hydrogen-bond acceptors (Lipinski definition) is 3. The van der Waals surface area contributed by atoms with Crippen LogP contribution in [0.4, 0.5) is 17.1 Å². The van der Waals surface area contributed by atoms with Crippen LogP contribution in [0.1, 0.15) is 0 Å². The minimum atomic E-state index is 0.872. The maximum Gasteiger partial charge on any atom is 0.136 e. The Morgan fingerprint density at radius 1 is 0.419 bits per heavy atom. The third kappa shape index (κ3) is 3.75. The van der Waals surface area contributed by atoms with Crippen molar-refractivity contribution in [1.82, 2.24) is 0 Å². The standard InChI is InChI=1S/C40H25NO2/c1-3-10-26(11-4-1)27-18-20-31-32-15-9-16-33-35(21-23-38(40(32)33)43-39(31)24-27)41(28-12-5-2-6-13-28)29-19-22-37-34(25-29)30-14-7-8-17-36(30)42-37/h1-25H. The van der Waals surface area contributed by atoms with Crippen LogP contribution in [-0.2, 0) is 0 Å². The summed E-state index contributed by atoms with van der Waals surface area (Å²) in [7, 11) is 0. The Morgan fingerprint density at radius 2 is 1.19 bits per heavy atom. The van der Waals surface area contributed by atoms with Crippen LogP contribution in [0.25, 0.3) is 55.0 Å². The van der Waals surface area contributed by atoms with E-state index in [1.807, 2.05) is 18.2 Å². The van der Waals surface area contributed by atoms with Crippen molar-refractivity contribution in [2.45, 2.75) is 0 Å². The lowest BCUT2D eigenvalue weighted by Crippen LogP contribution is -2.11. The zero-order valence-corrected chi connectivity index (χ0v) is 23.2. The van der Waals surface area contributed by atoms with Crippen molar-refractivity contribution >= 4 is 49.8 Å². The highest BCUT2D eigenvalue weighted by molar-refractivity contribution is 6.12. The summed E-state index contributed by atoms with van der Waals surface area (Å²) < 4.78 is 12.8. The maximum absolute atomic E-state index is 6.62. The van der Waals surface area contributed by atoms with E-state index in [0.29, 0.717) is 0 Å². The molecule has 0 amide bonds. The lowest BCUT2D eigenvalue weighted by Gasteiger charge is -2.29. The molecule has 0 fully saturated rings. The van der Waals surface area contributed by atoms with Gasteiger partial charge < -0.3 is 14.1 Å². The van der Waals surface area contributed by atoms with Gasteiger partial charge in [-0.1, -0.05) is 91.0 Å². The Balaban J connectivity index is 1.25. The van der Waals surface area contributed by atoms with Crippen molar-refractivity contribution in [3.8, 4) is 33.8 Å². The molecule has 0 aliphatic carbocycles. The van der Waals surface area contributed by atoms with E-state index in [4.69, 9.17) is 9.15 Å². The molecule has 0 saturated heterocycles. The van der Waals surface area contributed by atoms with Crippen LogP contribution in [0, 0.1) is 0 Å². The smallest absolute Gasteiger partial charge is 0.136 e. The largest absolute Gasteiger partial charge is 0.456 e. The van der Waals surface area contributed by atoms with Crippen molar-refractivity contribution in [3.63, 3.8) is 0 Å². The first-order valence-electron chi connectivity index (χ1n) is 14.5. The van der Waals surface area contributed by atoms with Crippen LogP contribution >= 0.6 is 0 Å². The van der Waals surface area contributed by atoms with Crippen LogP contribution in [0.2, 0.25) is 0 Å². The monoisotopic (exact) mass is 551 g/mol. The van der Waals surface area contributed by atoms with Gasteiger partial charge in [-0.2, -0.15) is 0 Å². The second-order valence-corrected chi connectivity index (χ2v) is 10.9. The molecule has 3 nitrogen and oxygen atoms in total. The number of para-hydroxylation sites is 2. The first-order valence-corrected chi connectivity index (χ1v) is 14.5. The summed E-state index contributed by atoms with van der Waals surface area (Å²) in [5, 5.41) is 4.47. The van der Waals surface area contributed by atoms with Gasteiger partial charge in [-0.05, 0) is 77.4 Å². The Bertz CT molecular complexity index is 2320. The molecule has 202 valence electrons. The van der Waals surface area contributed by atoms with Crippen molar-refractivity contribution in [3.05, 3.63) is 152 Å². The maximum atomic E-state index is 6.62. The molecule has 0 bridgehead atoms. The van der Waals surface area contributed by atoms with E-state index < -0.39 is 0 Å². The highest BCUT2D eigenvalue weighted by atomic mass is 16.5. The molecular formula is C40H25NO2. The van der Waals surface area contributed by atoms with Crippen molar-refractivity contribution in [2.24, 2.45) is 0 Å². The Hall–Kier alpha value is -5.80. The van der Waals surface area contributed by atoms with Gasteiger partial charge in [-0.15, -0.1) is 0 Å². The van der Waals surface area contributed by atoms with Gasteiger partial charge in [0, 0.05) is 38.5 Å². The molecule has 43 heavy (non-hydrogen) atoms. The van der Waals surface area contributed by atoms with Gasteiger partial charge in [0.25, 0.3) is 0 Å². The molecule has 0 atom stereocenters. The summed E-state index contributed by atoms with van der Waals surface area (Å²) in [5.74, 6) is 1.75. The van der Waals surface area contributed by atoms with Crippen LogP contribution < -0.4 is 9.64 Å². The SMILES string of the molecule is c1ccc(-c2ccc3c(c2)Oc2ccc(N(c4ccccc4)c4ccc5oc6ccccc6c5c4)c4cccc-3c24)cc1. The van der Waals surface area contributed by atoms with E-state index in [1.165, 1.54) is 11.1 Å². The Kier molecular flexibility index (Phi) is 5.20. The zero-order valence-electron chi connectivity index (χ0n) is 23.2. The fourth-order valence-corrected chi connectivity index (χ4v) is 6.48. The van der Waals surface area contributed by atoms with E-state index in [0.717, 1.165) is 72.4 Å². The summed E-state index contributed by atoms with van der Waals surface area (Å²) in [6.45, 7) is 0. The van der Waals surface area contributed by atoms with E-state index in [-0.39, 0.29) is 0 Å². The predicted octanol–water partition coefficient (Wildman–Crippen LogP) is 11.6. The average molecular weight is 552 g/mol. The number of benzene rings is 7. The highest BCUT2D eigenvalue weighted by Gasteiger charge is 2.24. The number of fused-ring (bicyclic) bond motifs is 5. The van der Waals surface area contributed by atoms with Crippen molar-refractivity contribution in [1.29, 1.82) is 0 Å². The minimum absolute atomic E-state index is 0.872. The van der Waals surface area contributed by atoms with Gasteiger partial charge in [-0.3, -0.25) is 0 Å². The number of anilines is 3. The first-order chi connectivity index (χ1) is 21.3. The topological polar surface area (TPSA) is 25.6 Å². The van der Waals surface area contributed by atoms with E-state index >= 15 is 0 Å². The molecule has 8 aromatic rings. The molecule has 1 aliphatic rings. The van der Waals surface area contributed by atoms with E-state index in [9.17, 15) is 0 Å². The van der Waals surface area contributed by atoms with Crippen LogP contribution in [0.3, 0.4) is 0 Å². The quantitative estimate of drug-likeness (QED) is 0.218. The molecule has 1 aromatic heterocycles. The number of rotatable bonds is 4.